The third-order valence-electron chi connectivity index (χ3n) is 2.32. The normalized spacial score (nSPS) is 10.4. The molecule has 0 aliphatic rings. The molecule has 0 heterocycles. The number of carbonyl (C=O) groups excluding carboxylic acids is 1. The number of hydrogen-bond acceptors (Lipinski definition) is 6. The summed E-state index contributed by atoms with van der Waals surface area (Å²) in [6.07, 6.45) is -0.697. The largest absolute Gasteiger partial charge is 0.494 e. The molecule has 3 N–H and O–H groups in total. The first-order valence-corrected chi connectivity index (χ1v) is 6.91. The molecule has 23 heavy (non-hydrogen) atoms. The predicted molar refractivity (Wildman–Crippen MR) is 88.4 cm³/mol. The van der Waals surface area contributed by atoms with Crippen LogP contribution >= 0.6 is 12.2 Å². The number of carbonyl (C=O) groups is 1. The number of thiocarbonyl (C=S) groups is 1. The average molecular weight is 342 g/mol. The van der Waals surface area contributed by atoms with Gasteiger partial charge in [0.25, 0.3) is 5.69 Å². The lowest BCUT2D eigenvalue weighted by Crippen LogP contribution is -2.45. The second-order valence-electron chi connectivity index (χ2n) is 5.35. The van der Waals surface area contributed by atoms with Gasteiger partial charge in [0.15, 0.2) is 5.11 Å². The van der Waals surface area contributed by atoms with Crippen LogP contribution in [0.4, 0.5) is 16.2 Å². The maximum absolute atomic E-state index is 11.5. The lowest BCUT2D eigenvalue weighted by atomic mass is 10.2. The summed E-state index contributed by atoms with van der Waals surface area (Å²) in [6.45, 7) is 5.18. The first-order valence-electron chi connectivity index (χ1n) is 6.51. The van der Waals surface area contributed by atoms with Crippen molar-refractivity contribution >= 4 is 34.8 Å². The van der Waals surface area contributed by atoms with Crippen molar-refractivity contribution in [2.75, 3.05) is 12.4 Å². The van der Waals surface area contributed by atoms with Crippen molar-refractivity contribution in [3.8, 4) is 5.75 Å². The highest BCUT2D eigenvalue weighted by atomic mass is 32.1. The average Bonchev–Trinajstić information content (AvgIpc) is 2.43. The molecule has 0 saturated heterocycles. The summed E-state index contributed by atoms with van der Waals surface area (Å²) < 4.78 is 10.1. The Kier molecular flexibility index (Phi) is 6.08. The Morgan fingerprint density at radius 3 is 2.48 bits per heavy atom. The van der Waals surface area contributed by atoms with E-state index in [4.69, 9.17) is 21.7 Å². The van der Waals surface area contributed by atoms with Crippen LogP contribution in [-0.4, -0.2) is 28.8 Å². The lowest BCUT2D eigenvalue weighted by molar-refractivity contribution is -0.384. The molecule has 0 fully saturated rings. The van der Waals surface area contributed by atoms with Gasteiger partial charge in [-0.25, -0.2) is 10.2 Å². The predicted octanol–water partition coefficient (Wildman–Crippen LogP) is 2.33. The zero-order valence-corrected chi connectivity index (χ0v) is 13.9. The van der Waals surface area contributed by atoms with Crippen LogP contribution in [-0.2, 0) is 4.74 Å². The van der Waals surface area contributed by atoms with E-state index in [2.05, 4.69) is 16.2 Å². The zero-order chi connectivity index (χ0) is 17.6. The van der Waals surface area contributed by atoms with Crippen LogP contribution in [0.25, 0.3) is 0 Å². The van der Waals surface area contributed by atoms with Crippen LogP contribution in [0.15, 0.2) is 18.2 Å². The van der Waals surface area contributed by atoms with E-state index in [1.165, 1.54) is 25.3 Å². The Morgan fingerprint density at radius 2 is 1.96 bits per heavy atom. The topological polar surface area (TPSA) is 115 Å². The Bertz CT molecular complexity index is 615. The van der Waals surface area contributed by atoms with Crippen molar-refractivity contribution in [3.63, 3.8) is 0 Å². The van der Waals surface area contributed by atoms with Gasteiger partial charge in [0, 0.05) is 6.07 Å². The maximum atomic E-state index is 11.5. The number of non-ortho nitro benzene ring substituents is 1. The van der Waals surface area contributed by atoms with Crippen molar-refractivity contribution in [1.29, 1.82) is 0 Å². The molecule has 0 unspecified atom stereocenters. The number of ether oxygens (including phenoxy) is 2. The minimum atomic E-state index is -0.697. The van der Waals surface area contributed by atoms with Crippen LogP contribution < -0.4 is 20.9 Å². The molecule has 1 aromatic carbocycles. The van der Waals surface area contributed by atoms with Gasteiger partial charge in [0.2, 0.25) is 0 Å². The molecule has 1 aromatic rings. The molecule has 0 spiro atoms. The minimum Gasteiger partial charge on any atom is -0.494 e. The molecule has 0 radical (unpaired) electrons. The van der Waals surface area contributed by atoms with Crippen molar-refractivity contribution in [2.45, 2.75) is 26.4 Å². The Morgan fingerprint density at radius 1 is 1.30 bits per heavy atom. The number of nitro benzene ring substituents is 1. The van der Waals surface area contributed by atoms with E-state index in [0.29, 0.717) is 5.69 Å². The highest BCUT2D eigenvalue weighted by molar-refractivity contribution is 7.80. The molecule has 0 atom stereocenters. The maximum Gasteiger partial charge on any atom is 0.426 e. The van der Waals surface area contributed by atoms with E-state index in [1.54, 1.807) is 20.8 Å². The van der Waals surface area contributed by atoms with Gasteiger partial charge in [0.1, 0.15) is 11.4 Å². The second kappa shape index (κ2) is 7.58. The summed E-state index contributed by atoms with van der Waals surface area (Å²) in [5, 5.41) is 13.5. The number of amides is 1. The molecular weight excluding hydrogens is 324 g/mol. The summed E-state index contributed by atoms with van der Waals surface area (Å²) in [4.78, 5) is 21.7. The van der Waals surface area contributed by atoms with Crippen LogP contribution in [0.2, 0.25) is 0 Å². The second-order valence-corrected chi connectivity index (χ2v) is 5.76. The molecule has 126 valence electrons. The van der Waals surface area contributed by atoms with Crippen molar-refractivity contribution < 1.29 is 19.2 Å². The molecule has 0 aliphatic carbocycles. The summed E-state index contributed by atoms with van der Waals surface area (Å²) in [5.41, 5.74) is 4.37. The Balaban J connectivity index is 2.64. The van der Waals surface area contributed by atoms with E-state index in [0.717, 1.165) is 0 Å². The quantitative estimate of drug-likeness (QED) is 0.435. The number of hydrazine groups is 1. The fraction of sp³-hybridized carbons (Fsp3) is 0.385. The van der Waals surface area contributed by atoms with Crippen molar-refractivity contribution in [3.05, 3.63) is 28.3 Å². The number of nitrogens with zero attached hydrogens (tertiary/aromatic N) is 1. The molecule has 0 aromatic heterocycles. The molecule has 0 bridgehead atoms. The zero-order valence-electron chi connectivity index (χ0n) is 13.1. The molecule has 1 rings (SSSR count). The SMILES string of the molecule is COc1cc([N+](=O)[O-])ccc1NC(=S)NNC(=O)OC(C)(C)C. The Hall–Kier alpha value is -2.62. The smallest absolute Gasteiger partial charge is 0.426 e. The number of nitrogens with one attached hydrogen (secondary N) is 3. The van der Waals surface area contributed by atoms with Gasteiger partial charge in [-0.3, -0.25) is 15.5 Å². The summed E-state index contributed by atoms with van der Waals surface area (Å²) in [7, 11) is 1.37. The van der Waals surface area contributed by atoms with Gasteiger partial charge in [-0.05, 0) is 39.1 Å². The first kappa shape index (κ1) is 18.4. The van der Waals surface area contributed by atoms with Gasteiger partial charge >= 0.3 is 6.09 Å². The van der Waals surface area contributed by atoms with Crippen LogP contribution in [0, 0.1) is 10.1 Å². The third-order valence-corrected chi connectivity index (χ3v) is 2.53. The third kappa shape index (κ3) is 6.34. The van der Waals surface area contributed by atoms with E-state index >= 15 is 0 Å². The fourth-order valence-corrected chi connectivity index (χ4v) is 1.62. The van der Waals surface area contributed by atoms with Gasteiger partial charge in [-0.1, -0.05) is 0 Å². The van der Waals surface area contributed by atoms with E-state index in [-0.39, 0.29) is 16.5 Å². The first-order chi connectivity index (χ1) is 10.6. The molecule has 9 nitrogen and oxygen atoms in total. The van der Waals surface area contributed by atoms with Crippen molar-refractivity contribution in [2.24, 2.45) is 0 Å². The van der Waals surface area contributed by atoms with Crippen LogP contribution in [0.5, 0.6) is 5.75 Å². The number of methoxy groups -OCH3 is 1. The fourth-order valence-electron chi connectivity index (χ4n) is 1.46. The number of rotatable bonds is 3. The van der Waals surface area contributed by atoms with Crippen LogP contribution in [0.1, 0.15) is 20.8 Å². The highest BCUT2D eigenvalue weighted by Crippen LogP contribution is 2.28. The summed E-state index contributed by atoms with van der Waals surface area (Å²) in [5.74, 6) is 0.237. The van der Waals surface area contributed by atoms with Gasteiger partial charge in [0.05, 0.1) is 23.8 Å². The molecule has 10 heteroatoms. The number of nitro groups is 1. The van der Waals surface area contributed by atoms with E-state index < -0.39 is 16.6 Å². The number of benzene rings is 1. The highest BCUT2D eigenvalue weighted by Gasteiger charge is 2.16. The molecular formula is C13H18N4O5S. The van der Waals surface area contributed by atoms with E-state index in [9.17, 15) is 14.9 Å². The molecule has 1 amide bonds. The van der Waals surface area contributed by atoms with Crippen LogP contribution in [0.3, 0.4) is 0 Å². The van der Waals surface area contributed by atoms with Crippen molar-refractivity contribution in [1.82, 2.24) is 10.9 Å². The monoisotopic (exact) mass is 342 g/mol. The van der Waals surface area contributed by atoms with Gasteiger partial charge in [-0.15, -0.1) is 0 Å². The van der Waals surface area contributed by atoms with Gasteiger partial charge in [-0.2, -0.15) is 0 Å². The number of hydrogen-bond donors (Lipinski definition) is 3. The van der Waals surface area contributed by atoms with Gasteiger partial charge < -0.3 is 14.8 Å². The van der Waals surface area contributed by atoms with E-state index in [1.807, 2.05) is 0 Å². The molecule has 0 aliphatic heterocycles. The minimum absolute atomic E-state index is 0.0583. The number of anilines is 1. The summed E-state index contributed by atoms with van der Waals surface area (Å²) >= 11 is 5.01. The Labute approximate surface area is 138 Å². The lowest BCUT2D eigenvalue weighted by Gasteiger charge is -2.20. The molecule has 0 saturated carbocycles. The summed E-state index contributed by atoms with van der Waals surface area (Å²) in [6, 6.07) is 4.00. The standard InChI is InChI=1S/C13H18N4O5S/c1-13(2,3)22-12(18)16-15-11(23)14-9-6-5-8(17(19)20)7-10(9)21-4/h5-7H,1-4H3,(H,16,18)(H2,14,15,23).